The van der Waals surface area contributed by atoms with Gasteiger partial charge >= 0.3 is 11.9 Å². The zero-order chi connectivity index (χ0) is 43.2. The highest BCUT2D eigenvalue weighted by atomic mass is 16.6. The predicted octanol–water partition coefficient (Wildman–Crippen LogP) is 9.28. The number of allylic oxidation sites excluding steroid dienone is 5. The van der Waals surface area contributed by atoms with Crippen molar-refractivity contribution in [2.45, 2.75) is 163 Å². The zero-order valence-electron chi connectivity index (χ0n) is 37.0. The van der Waals surface area contributed by atoms with Gasteiger partial charge in [0.05, 0.1) is 29.5 Å². The van der Waals surface area contributed by atoms with Crippen LogP contribution in [0.4, 0.5) is 0 Å². The molecule has 0 radical (unpaired) electrons. The molecule has 10 heteroatoms. The number of hydrogen-bond donors (Lipinski definition) is 1. The molecule has 2 heterocycles. The number of hydrogen-bond acceptors (Lipinski definition) is 10. The molecule has 1 aliphatic heterocycles. The highest BCUT2D eigenvalue weighted by Crippen LogP contribution is 2.81. The number of furan rings is 1. The Hall–Kier alpha value is -3.79. The molecule has 8 aliphatic carbocycles. The van der Waals surface area contributed by atoms with Crippen molar-refractivity contribution >= 4 is 29.3 Å². The minimum absolute atomic E-state index is 0.0411. The van der Waals surface area contributed by atoms with Crippen molar-refractivity contribution in [2.24, 2.45) is 56.2 Å². The Morgan fingerprint density at radius 2 is 1.68 bits per heavy atom. The van der Waals surface area contributed by atoms with Crippen molar-refractivity contribution in [3.8, 4) is 0 Å². The SMILES string of the molecule is CC(=O)OC1CC2(C)C(c3ccoc3)CC3OC32C2(C)C(=O)C(O)=C3C(C)(C)C(=O)C=CC3(C)C12.CCC(=O)OC1CCC2C3CCC4=CC(=O)CCC4(C)C3CCC12C. The van der Waals surface area contributed by atoms with Crippen LogP contribution in [0.15, 0.2) is 58.1 Å². The van der Waals surface area contributed by atoms with E-state index in [0.717, 1.165) is 43.6 Å². The molecule has 9 aliphatic rings. The zero-order valence-corrected chi connectivity index (χ0v) is 37.0. The number of aliphatic hydroxyl groups is 1. The third-order valence-corrected chi connectivity index (χ3v) is 18.8. The Balaban J connectivity index is 0.000000163. The predicted molar refractivity (Wildman–Crippen MR) is 221 cm³/mol. The van der Waals surface area contributed by atoms with Crippen LogP contribution in [0.1, 0.15) is 144 Å². The molecule has 0 amide bonds. The van der Waals surface area contributed by atoms with Crippen LogP contribution < -0.4 is 0 Å². The van der Waals surface area contributed by atoms with Crippen molar-refractivity contribution in [1.82, 2.24) is 0 Å². The Morgan fingerprint density at radius 3 is 2.37 bits per heavy atom. The molecule has 10 nitrogen and oxygen atoms in total. The van der Waals surface area contributed by atoms with Gasteiger partial charge in [-0.2, -0.15) is 0 Å². The molecule has 0 bridgehead atoms. The second-order valence-corrected chi connectivity index (χ2v) is 21.7. The van der Waals surface area contributed by atoms with Gasteiger partial charge in [0.25, 0.3) is 0 Å². The first-order valence-electron chi connectivity index (χ1n) is 22.7. The van der Waals surface area contributed by atoms with Gasteiger partial charge in [-0.15, -0.1) is 0 Å². The van der Waals surface area contributed by atoms with Gasteiger partial charge in [0.2, 0.25) is 5.78 Å². The highest BCUT2D eigenvalue weighted by Gasteiger charge is 2.89. The number of ketones is 3. The third kappa shape index (κ3) is 5.24. The van der Waals surface area contributed by atoms with Crippen LogP contribution in [0.3, 0.4) is 0 Å². The summed E-state index contributed by atoms with van der Waals surface area (Å²) < 4.78 is 23.8. The van der Waals surface area contributed by atoms with E-state index in [-0.39, 0.29) is 46.5 Å². The molecule has 1 aromatic rings. The van der Waals surface area contributed by atoms with Crippen molar-refractivity contribution in [1.29, 1.82) is 0 Å². The highest BCUT2D eigenvalue weighted by molar-refractivity contribution is 6.06. The van der Waals surface area contributed by atoms with Crippen molar-refractivity contribution in [2.75, 3.05) is 0 Å². The van der Waals surface area contributed by atoms with Gasteiger partial charge in [-0.3, -0.25) is 24.0 Å². The first kappa shape index (κ1) is 41.6. The van der Waals surface area contributed by atoms with E-state index in [1.807, 2.05) is 32.9 Å². The number of aliphatic hydroxyl groups excluding tert-OH is 1. The molecule has 14 unspecified atom stereocenters. The van der Waals surface area contributed by atoms with Gasteiger partial charge in [-0.1, -0.05) is 46.3 Å². The van der Waals surface area contributed by atoms with Crippen LogP contribution in [0.5, 0.6) is 0 Å². The van der Waals surface area contributed by atoms with Crippen LogP contribution >= 0.6 is 0 Å². The summed E-state index contributed by atoms with van der Waals surface area (Å²) >= 11 is 0. The fourth-order valence-corrected chi connectivity index (χ4v) is 16.2. The van der Waals surface area contributed by atoms with Crippen LogP contribution in [-0.4, -0.2) is 58.3 Å². The van der Waals surface area contributed by atoms with Crippen molar-refractivity contribution in [3.63, 3.8) is 0 Å². The minimum atomic E-state index is -1.17. The molecular formula is C50H64O10. The summed E-state index contributed by atoms with van der Waals surface area (Å²) in [6, 6.07) is 1.95. The monoisotopic (exact) mass is 824 g/mol. The molecule has 1 saturated heterocycles. The van der Waals surface area contributed by atoms with Crippen LogP contribution in [-0.2, 0) is 38.2 Å². The Labute approximate surface area is 354 Å². The minimum Gasteiger partial charge on any atom is -0.504 e. The molecule has 14 atom stereocenters. The van der Waals surface area contributed by atoms with E-state index in [1.165, 1.54) is 31.8 Å². The van der Waals surface area contributed by atoms with Crippen LogP contribution in [0.25, 0.3) is 0 Å². The molecule has 1 N–H and O–H groups in total. The van der Waals surface area contributed by atoms with Crippen LogP contribution in [0, 0.1) is 56.2 Å². The normalized spacial score (nSPS) is 46.5. The lowest BCUT2D eigenvalue weighted by Gasteiger charge is -2.64. The summed E-state index contributed by atoms with van der Waals surface area (Å²) in [6.07, 6.45) is 18.4. The number of ether oxygens (including phenoxy) is 3. The van der Waals surface area contributed by atoms with E-state index < -0.39 is 51.0 Å². The first-order chi connectivity index (χ1) is 28.1. The maximum absolute atomic E-state index is 14.3. The summed E-state index contributed by atoms with van der Waals surface area (Å²) in [5, 5.41) is 11.5. The van der Waals surface area contributed by atoms with Gasteiger partial charge in [0.15, 0.2) is 17.3 Å². The van der Waals surface area contributed by atoms with Gasteiger partial charge in [0, 0.05) is 41.9 Å². The fourth-order valence-electron chi connectivity index (χ4n) is 16.2. The third-order valence-electron chi connectivity index (χ3n) is 18.8. The number of fused-ring (bicyclic) bond motifs is 8. The van der Waals surface area contributed by atoms with Gasteiger partial charge in [-0.05, 0) is 137 Å². The van der Waals surface area contributed by atoms with Gasteiger partial charge in [-0.25, -0.2) is 0 Å². The van der Waals surface area contributed by atoms with E-state index in [0.29, 0.717) is 42.5 Å². The quantitative estimate of drug-likeness (QED) is 0.230. The lowest BCUT2D eigenvalue weighted by atomic mass is 9.38. The molecule has 1 aromatic heterocycles. The second-order valence-electron chi connectivity index (χ2n) is 21.7. The fraction of sp³-hybridized carbons (Fsp3) is 0.700. The molecule has 324 valence electrons. The summed E-state index contributed by atoms with van der Waals surface area (Å²) in [6.45, 7) is 17.5. The van der Waals surface area contributed by atoms with E-state index in [2.05, 4.69) is 20.8 Å². The smallest absolute Gasteiger partial charge is 0.305 e. The summed E-state index contributed by atoms with van der Waals surface area (Å²) in [4.78, 5) is 63.4. The molecular weight excluding hydrogens is 761 g/mol. The summed E-state index contributed by atoms with van der Waals surface area (Å²) in [5.41, 5.74) is -1.23. The van der Waals surface area contributed by atoms with Gasteiger partial charge < -0.3 is 23.7 Å². The number of epoxide rings is 1. The number of rotatable bonds is 4. The number of esters is 2. The van der Waals surface area contributed by atoms with E-state index in [9.17, 15) is 29.1 Å². The molecule has 10 rings (SSSR count). The van der Waals surface area contributed by atoms with Crippen molar-refractivity contribution in [3.05, 3.63) is 59.3 Å². The molecule has 60 heavy (non-hydrogen) atoms. The topological polar surface area (TPSA) is 150 Å². The average molecular weight is 825 g/mol. The number of carbonyl (C=O) groups excluding carboxylic acids is 5. The second kappa shape index (κ2) is 13.4. The summed E-state index contributed by atoms with van der Waals surface area (Å²) in [5.74, 6) is 0.577. The standard InChI is InChI=1S/C28H32O7.C22H32O3/c1-14(29)34-17-12-26(5)16(15-8-10-33-13-15)11-19-28(26,35-19)27(6)21(17)25(4)9-7-18(30)24(2,3)22(25)20(31)23(27)32;1-4-20(24)25-19-8-7-17-16-6-5-14-13-15(23)9-11-21(14,2)18(16)10-12-22(17,19)3/h7-10,13,16-17,19,21,31H,11-12H2,1-6H3;13,16-19H,4-12H2,1-3H3. The molecule has 6 fully saturated rings. The number of carbonyl (C=O) groups is 5. The molecule has 5 saturated carbocycles. The van der Waals surface area contributed by atoms with E-state index in [1.54, 1.807) is 38.5 Å². The lowest BCUT2D eigenvalue weighted by molar-refractivity contribution is -0.200. The maximum Gasteiger partial charge on any atom is 0.305 e. The van der Waals surface area contributed by atoms with Crippen molar-refractivity contribution < 1.29 is 47.7 Å². The Bertz CT molecular complexity index is 2140. The van der Waals surface area contributed by atoms with Gasteiger partial charge in [0.1, 0.15) is 17.8 Å². The number of Topliss-reactive ketones (excluding diaryl/α,β-unsaturated/α-hetero) is 1. The Kier molecular flexibility index (Phi) is 9.25. The lowest BCUT2D eigenvalue weighted by Crippen LogP contribution is -2.70. The average Bonchev–Trinajstić information content (AvgIpc) is 3.41. The Morgan fingerprint density at radius 1 is 0.933 bits per heavy atom. The first-order valence-corrected chi connectivity index (χ1v) is 22.7. The summed E-state index contributed by atoms with van der Waals surface area (Å²) in [7, 11) is 0. The maximum atomic E-state index is 14.3. The van der Waals surface area contributed by atoms with E-state index in [4.69, 9.17) is 18.6 Å². The molecule has 0 aromatic carbocycles. The van der Waals surface area contributed by atoms with Crippen LogP contribution in [0.2, 0.25) is 0 Å². The van der Waals surface area contributed by atoms with E-state index >= 15 is 0 Å². The largest absolute Gasteiger partial charge is 0.504 e. The molecule has 1 spiro atoms.